The highest BCUT2D eigenvalue weighted by molar-refractivity contribution is 9.09. The summed E-state index contributed by atoms with van der Waals surface area (Å²) in [6, 6.07) is 0. The Kier molecular flexibility index (Phi) is 25.4. The van der Waals surface area contributed by atoms with Gasteiger partial charge < -0.3 is 9.64 Å². The molecule has 150 valence electrons. The zero-order valence-electron chi connectivity index (χ0n) is 17.0. The predicted molar refractivity (Wildman–Crippen MR) is 115 cm³/mol. The van der Waals surface area contributed by atoms with E-state index in [1.165, 1.54) is 82.4 Å². The van der Waals surface area contributed by atoms with Crippen molar-refractivity contribution in [1.82, 2.24) is 4.90 Å². The minimum atomic E-state index is -0.359. The summed E-state index contributed by atoms with van der Waals surface area (Å²) in [6.45, 7) is 6.73. The molecule has 3 nitrogen and oxygen atoms in total. The van der Waals surface area contributed by atoms with Gasteiger partial charge >= 0.3 is 5.97 Å². The molecule has 0 aromatic rings. The van der Waals surface area contributed by atoms with Crippen LogP contribution >= 0.6 is 15.9 Å². The van der Waals surface area contributed by atoms with Crippen LogP contribution in [0.4, 0.5) is 0 Å². The van der Waals surface area contributed by atoms with E-state index in [9.17, 15) is 4.79 Å². The maximum Gasteiger partial charge on any atom is 0.330 e. The van der Waals surface area contributed by atoms with Gasteiger partial charge in [0.15, 0.2) is 0 Å². The maximum atomic E-state index is 10.4. The minimum Gasteiger partial charge on any atom is -0.461 e. The summed E-state index contributed by atoms with van der Waals surface area (Å²) in [7, 11) is 3.84. The van der Waals surface area contributed by atoms with Gasteiger partial charge in [-0.2, -0.15) is 0 Å². The van der Waals surface area contributed by atoms with Crippen molar-refractivity contribution < 1.29 is 9.53 Å². The smallest absolute Gasteiger partial charge is 0.330 e. The Balaban J connectivity index is 0. The molecule has 0 spiro atoms. The van der Waals surface area contributed by atoms with Crippen LogP contribution < -0.4 is 0 Å². The molecule has 4 heteroatoms. The molecular weight excluding hydrogens is 378 g/mol. The molecule has 25 heavy (non-hydrogen) atoms. The lowest BCUT2D eigenvalue weighted by molar-refractivity contribution is -0.137. The fourth-order valence-electron chi connectivity index (χ4n) is 2.32. The topological polar surface area (TPSA) is 29.5 Å². The lowest BCUT2D eigenvalue weighted by atomic mass is 10.1. The molecule has 0 aromatic heterocycles. The summed E-state index contributed by atoms with van der Waals surface area (Å²) in [4.78, 5) is 12.4. The SMILES string of the molecule is C=CC(=O)OCCN(C)C.CCCCCCCCCCCCCCBr. The number of hydrogen-bond acceptors (Lipinski definition) is 3. The Morgan fingerprint density at radius 2 is 1.36 bits per heavy atom. The monoisotopic (exact) mass is 419 g/mol. The van der Waals surface area contributed by atoms with Crippen molar-refractivity contribution in [3.8, 4) is 0 Å². The van der Waals surface area contributed by atoms with Crippen molar-refractivity contribution in [3.63, 3.8) is 0 Å². The second-order valence-corrected chi connectivity index (χ2v) is 7.55. The molecule has 0 aliphatic rings. The summed E-state index contributed by atoms with van der Waals surface area (Å²) in [5.41, 5.74) is 0. The molecule has 0 bridgehead atoms. The van der Waals surface area contributed by atoms with E-state index in [2.05, 4.69) is 29.4 Å². The number of esters is 1. The van der Waals surface area contributed by atoms with Crippen molar-refractivity contribution >= 4 is 21.9 Å². The molecule has 0 N–H and O–H groups in total. The van der Waals surface area contributed by atoms with Crippen molar-refractivity contribution in [1.29, 1.82) is 0 Å². The number of ether oxygens (including phenoxy) is 1. The van der Waals surface area contributed by atoms with Gasteiger partial charge in [0.05, 0.1) is 0 Å². The van der Waals surface area contributed by atoms with E-state index in [0.29, 0.717) is 6.61 Å². The van der Waals surface area contributed by atoms with Crippen molar-refractivity contribution in [2.75, 3.05) is 32.6 Å². The largest absolute Gasteiger partial charge is 0.461 e. The second-order valence-electron chi connectivity index (χ2n) is 6.75. The number of halogens is 1. The molecule has 0 saturated carbocycles. The molecule has 0 rings (SSSR count). The third-order valence-corrected chi connectivity index (χ3v) is 4.50. The summed E-state index contributed by atoms with van der Waals surface area (Å²) in [5, 5.41) is 1.18. The van der Waals surface area contributed by atoms with Gasteiger partial charge in [0.25, 0.3) is 0 Å². The minimum absolute atomic E-state index is 0.359. The first-order valence-corrected chi connectivity index (χ1v) is 11.2. The number of alkyl halides is 1. The lowest BCUT2D eigenvalue weighted by Crippen LogP contribution is -2.19. The lowest BCUT2D eigenvalue weighted by Gasteiger charge is -2.07. The molecule has 0 aromatic carbocycles. The number of carbonyl (C=O) groups is 1. The molecule has 0 amide bonds. The first kappa shape index (κ1) is 26.9. The van der Waals surface area contributed by atoms with Crippen molar-refractivity contribution in [2.24, 2.45) is 0 Å². The van der Waals surface area contributed by atoms with Crippen LogP contribution in [0.3, 0.4) is 0 Å². The molecule has 0 saturated heterocycles. The fraction of sp³-hybridized carbons (Fsp3) is 0.857. The van der Waals surface area contributed by atoms with Crippen LogP contribution in [-0.4, -0.2) is 43.4 Å². The normalized spacial score (nSPS) is 10.3. The summed E-state index contributed by atoms with van der Waals surface area (Å²) >= 11 is 3.47. The maximum absolute atomic E-state index is 10.4. The molecule has 0 unspecified atom stereocenters. The third-order valence-electron chi connectivity index (χ3n) is 3.94. The van der Waals surface area contributed by atoms with Crippen molar-refractivity contribution in [3.05, 3.63) is 12.7 Å². The molecule has 0 heterocycles. The van der Waals surface area contributed by atoms with Crippen LogP contribution in [0.5, 0.6) is 0 Å². The van der Waals surface area contributed by atoms with Crippen LogP contribution in [-0.2, 0) is 9.53 Å². The molecule has 0 radical (unpaired) electrons. The van der Waals surface area contributed by atoms with Gasteiger partial charge in [-0.15, -0.1) is 0 Å². The Hall–Kier alpha value is -0.350. The van der Waals surface area contributed by atoms with E-state index in [0.717, 1.165) is 12.6 Å². The predicted octanol–water partition coefficient (Wildman–Crippen LogP) is 6.36. The van der Waals surface area contributed by atoms with Gasteiger partial charge in [-0.1, -0.05) is 100 Å². The number of rotatable bonds is 16. The Labute approximate surface area is 165 Å². The third kappa shape index (κ3) is 28.7. The second kappa shape index (κ2) is 23.6. The van der Waals surface area contributed by atoms with E-state index in [4.69, 9.17) is 4.74 Å². The van der Waals surface area contributed by atoms with E-state index < -0.39 is 0 Å². The highest BCUT2D eigenvalue weighted by atomic mass is 79.9. The van der Waals surface area contributed by atoms with Gasteiger partial charge in [-0.3, -0.25) is 0 Å². The molecule has 0 aliphatic heterocycles. The number of nitrogens with zero attached hydrogens (tertiary/aromatic N) is 1. The number of likely N-dealkylation sites (N-methyl/N-ethyl adjacent to an activating group) is 1. The average Bonchev–Trinajstić information content (AvgIpc) is 2.60. The Morgan fingerprint density at radius 1 is 0.920 bits per heavy atom. The van der Waals surface area contributed by atoms with Gasteiger partial charge in [-0.25, -0.2) is 4.79 Å². The van der Waals surface area contributed by atoms with Gasteiger partial charge in [-0.05, 0) is 20.5 Å². The quantitative estimate of drug-likeness (QED) is 0.126. The van der Waals surface area contributed by atoms with Crippen LogP contribution in [0.1, 0.15) is 84.0 Å². The van der Waals surface area contributed by atoms with Gasteiger partial charge in [0, 0.05) is 18.0 Å². The molecule has 0 aliphatic carbocycles. The van der Waals surface area contributed by atoms with E-state index in [-0.39, 0.29) is 5.97 Å². The van der Waals surface area contributed by atoms with Crippen molar-refractivity contribution in [2.45, 2.75) is 84.0 Å². The average molecular weight is 420 g/mol. The standard InChI is InChI=1S/C14H29Br.C7H13NO2/c1-2-3-4-5-6-7-8-9-10-11-12-13-14-15;1-4-7(9)10-6-5-8(2)3/h2-14H2,1H3;4H,1,5-6H2,2-3H3. The molecular formula is C21H42BrNO2. The summed E-state index contributed by atoms with van der Waals surface area (Å²) < 4.78 is 4.70. The first-order chi connectivity index (χ1) is 12.1. The summed E-state index contributed by atoms with van der Waals surface area (Å²) in [6.07, 6.45) is 18.5. The molecule has 0 atom stereocenters. The van der Waals surface area contributed by atoms with Gasteiger partial charge in [0.1, 0.15) is 6.61 Å². The molecule has 0 fully saturated rings. The zero-order chi connectivity index (χ0) is 19.2. The van der Waals surface area contributed by atoms with Crippen LogP contribution in [0.25, 0.3) is 0 Å². The van der Waals surface area contributed by atoms with Crippen LogP contribution in [0, 0.1) is 0 Å². The van der Waals surface area contributed by atoms with E-state index >= 15 is 0 Å². The number of carbonyl (C=O) groups excluding carboxylic acids is 1. The van der Waals surface area contributed by atoms with Crippen LogP contribution in [0.15, 0.2) is 12.7 Å². The Morgan fingerprint density at radius 3 is 1.72 bits per heavy atom. The number of unbranched alkanes of at least 4 members (excludes halogenated alkanes) is 11. The highest BCUT2D eigenvalue weighted by Gasteiger charge is 1.94. The van der Waals surface area contributed by atoms with E-state index in [1.807, 2.05) is 19.0 Å². The Bertz CT molecular complexity index is 271. The van der Waals surface area contributed by atoms with Crippen LogP contribution in [0.2, 0.25) is 0 Å². The fourth-order valence-corrected chi connectivity index (χ4v) is 2.72. The summed E-state index contributed by atoms with van der Waals surface area (Å²) in [5.74, 6) is -0.359. The first-order valence-electron chi connectivity index (χ1n) is 10.1. The van der Waals surface area contributed by atoms with Gasteiger partial charge in [0.2, 0.25) is 0 Å². The highest BCUT2D eigenvalue weighted by Crippen LogP contribution is 2.12. The van der Waals surface area contributed by atoms with E-state index in [1.54, 1.807) is 0 Å². The number of hydrogen-bond donors (Lipinski definition) is 0. The zero-order valence-corrected chi connectivity index (χ0v) is 18.6.